The highest BCUT2D eigenvalue weighted by molar-refractivity contribution is 5.82. The molecule has 1 rings (SSSR count). The van der Waals surface area contributed by atoms with Crippen LogP contribution < -0.4 is 11.1 Å². The monoisotopic (exact) mass is 220 g/mol. The fraction of sp³-hybridized carbons (Fsp3) is 0.462. The molecular weight excluding hydrogens is 200 g/mol. The second-order valence-corrected chi connectivity index (χ2v) is 4.41. The zero-order valence-corrected chi connectivity index (χ0v) is 10.1. The molecule has 0 saturated carbocycles. The topological polar surface area (TPSA) is 55.1 Å². The Kier molecular flexibility index (Phi) is 4.50. The molecule has 1 amide bonds. The number of carbonyl (C=O) groups is 1. The van der Waals surface area contributed by atoms with Crippen LogP contribution in [0.15, 0.2) is 30.3 Å². The van der Waals surface area contributed by atoms with E-state index in [0.29, 0.717) is 0 Å². The van der Waals surface area contributed by atoms with Crippen LogP contribution >= 0.6 is 0 Å². The van der Waals surface area contributed by atoms with Crippen LogP contribution in [0.1, 0.15) is 32.4 Å². The Hall–Kier alpha value is -1.35. The van der Waals surface area contributed by atoms with Crippen molar-refractivity contribution in [3.63, 3.8) is 0 Å². The number of nitrogens with one attached hydrogen (secondary N) is 1. The zero-order valence-electron chi connectivity index (χ0n) is 10.1. The van der Waals surface area contributed by atoms with Crippen molar-refractivity contribution >= 4 is 5.91 Å². The van der Waals surface area contributed by atoms with E-state index < -0.39 is 6.04 Å². The van der Waals surface area contributed by atoms with Crippen molar-refractivity contribution in [2.24, 2.45) is 11.7 Å². The van der Waals surface area contributed by atoms with Crippen LogP contribution in [0.3, 0.4) is 0 Å². The largest absolute Gasteiger partial charge is 0.348 e. The summed E-state index contributed by atoms with van der Waals surface area (Å²) in [5, 5.41) is 2.91. The van der Waals surface area contributed by atoms with Crippen molar-refractivity contribution in [3.05, 3.63) is 35.9 Å². The van der Waals surface area contributed by atoms with Gasteiger partial charge in [-0.25, -0.2) is 0 Å². The SMILES string of the molecule is CC(NC(=O)[C@@H](N)C(C)C)c1ccccc1. The molecule has 1 unspecified atom stereocenters. The molecule has 0 spiro atoms. The summed E-state index contributed by atoms with van der Waals surface area (Å²) in [6.07, 6.45) is 0. The molecule has 2 atom stereocenters. The highest BCUT2D eigenvalue weighted by atomic mass is 16.2. The van der Waals surface area contributed by atoms with Gasteiger partial charge in [-0.2, -0.15) is 0 Å². The maximum atomic E-state index is 11.7. The molecule has 0 aromatic heterocycles. The predicted molar refractivity (Wildman–Crippen MR) is 65.8 cm³/mol. The van der Waals surface area contributed by atoms with Gasteiger partial charge in [0, 0.05) is 0 Å². The van der Waals surface area contributed by atoms with E-state index in [4.69, 9.17) is 5.73 Å². The van der Waals surface area contributed by atoms with Gasteiger partial charge in [-0.1, -0.05) is 44.2 Å². The summed E-state index contributed by atoms with van der Waals surface area (Å²) in [5.41, 5.74) is 6.86. The molecule has 0 radical (unpaired) electrons. The van der Waals surface area contributed by atoms with Crippen molar-refractivity contribution in [3.8, 4) is 0 Å². The summed E-state index contributed by atoms with van der Waals surface area (Å²) in [4.78, 5) is 11.7. The molecule has 3 heteroatoms. The number of hydrogen-bond donors (Lipinski definition) is 2. The van der Waals surface area contributed by atoms with Crippen LogP contribution in [0.2, 0.25) is 0 Å². The van der Waals surface area contributed by atoms with E-state index in [0.717, 1.165) is 5.56 Å². The van der Waals surface area contributed by atoms with Crippen molar-refractivity contribution in [1.82, 2.24) is 5.32 Å². The summed E-state index contributed by atoms with van der Waals surface area (Å²) < 4.78 is 0. The number of amides is 1. The van der Waals surface area contributed by atoms with Gasteiger partial charge in [0.05, 0.1) is 12.1 Å². The third kappa shape index (κ3) is 3.35. The Labute approximate surface area is 97.0 Å². The molecule has 0 aliphatic carbocycles. The van der Waals surface area contributed by atoms with Gasteiger partial charge in [0.1, 0.15) is 0 Å². The number of nitrogens with two attached hydrogens (primary N) is 1. The van der Waals surface area contributed by atoms with Gasteiger partial charge in [0.25, 0.3) is 0 Å². The first-order chi connectivity index (χ1) is 7.52. The van der Waals surface area contributed by atoms with Gasteiger partial charge in [-0.15, -0.1) is 0 Å². The minimum Gasteiger partial charge on any atom is -0.348 e. The number of carbonyl (C=O) groups excluding carboxylic acids is 1. The van der Waals surface area contributed by atoms with Gasteiger partial charge in [0.2, 0.25) is 5.91 Å². The maximum absolute atomic E-state index is 11.7. The van der Waals surface area contributed by atoms with Crippen LogP contribution in [0.25, 0.3) is 0 Å². The second kappa shape index (κ2) is 5.66. The lowest BCUT2D eigenvalue weighted by Gasteiger charge is -2.19. The Balaban J connectivity index is 2.58. The van der Waals surface area contributed by atoms with E-state index in [9.17, 15) is 4.79 Å². The van der Waals surface area contributed by atoms with Gasteiger partial charge in [-0.05, 0) is 18.4 Å². The molecule has 3 N–H and O–H groups in total. The lowest BCUT2D eigenvalue weighted by molar-refractivity contribution is -0.123. The molecule has 0 aliphatic heterocycles. The zero-order chi connectivity index (χ0) is 12.1. The molecule has 0 heterocycles. The van der Waals surface area contributed by atoms with Gasteiger partial charge >= 0.3 is 0 Å². The fourth-order valence-electron chi connectivity index (χ4n) is 1.44. The van der Waals surface area contributed by atoms with Crippen LogP contribution in [0.5, 0.6) is 0 Å². The summed E-state index contributed by atoms with van der Waals surface area (Å²) >= 11 is 0. The van der Waals surface area contributed by atoms with E-state index >= 15 is 0 Å². The minimum atomic E-state index is -0.439. The standard InChI is InChI=1S/C13H20N2O/c1-9(2)12(14)13(16)15-10(3)11-7-5-4-6-8-11/h4-10,12H,14H2,1-3H3,(H,15,16)/t10?,12-/m0/s1. The normalized spacial score (nSPS) is 14.6. The predicted octanol–water partition coefficient (Wildman–Crippen LogP) is 1.85. The van der Waals surface area contributed by atoms with E-state index in [-0.39, 0.29) is 17.9 Å². The highest BCUT2D eigenvalue weighted by Gasteiger charge is 2.19. The fourth-order valence-corrected chi connectivity index (χ4v) is 1.44. The first-order valence-corrected chi connectivity index (χ1v) is 5.63. The van der Waals surface area contributed by atoms with Crippen molar-refractivity contribution in [1.29, 1.82) is 0 Å². The van der Waals surface area contributed by atoms with Crippen LogP contribution in [-0.4, -0.2) is 11.9 Å². The molecule has 1 aromatic rings. The molecule has 0 aliphatic rings. The van der Waals surface area contributed by atoms with Gasteiger partial charge < -0.3 is 11.1 Å². The summed E-state index contributed by atoms with van der Waals surface area (Å²) in [7, 11) is 0. The number of benzene rings is 1. The Morgan fingerprint density at radius 3 is 2.25 bits per heavy atom. The first-order valence-electron chi connectivity index (χ1n) is 5.63. The van der Waals surface area contributed by atoms with E-state index in [1.807, 2.05) is 51.1 Å². The van der Waals surface area contributed by atoms with E-state index in [1.54, 1.807) is 0 Å². The van der Waals surface area contributed by atoms with E-state index in [1.165, 1.54) is 0 Å². The summed E-state index contributed by atoms with van der Waals surface area (Å²) in [6.45, 7) is 5.84. The molecule has 88 valence electrons. The Morgan fingerprint density at radius 2 is 1.75 bits per heavy atom. The van der Waals surface area contributed by atoms with Crippen LogP contribution in [-0.2, 0) is 4.79 Å². The molecule has 1 aromatic carbocycles. The molecule has 0 fully saturated rings. The second-order valence-electron chi connectivity index (χ2n) is 4.41. The van der Waals surface area contributed by atoms with Gasteiger partial charge in [0.15, 0.2) is 0 Å². The average molecular weight is 220 g/mol. The quantitative estimate of drug-likeness (QED) is 0.813. The molecular formula is C13H20N2O. The lowest BCUT2D eigenvalue weighted by Crippen LogP contribution is -2.44. The molecule has 16 heavy (non-hydrogen) atoms. The smallest absolute Gasteiger partial charge is 0.237 e. The molecule has 0 saturated heterocycles. The van der Waals surface area contributed by atoms with Crippen molar-refractivity contribution in [2.45, 2.75) is 32.9 Å². The third-order valence-electron chi connectivity index (χ3n) is 2.68. The average Bonchev–Trinajstić information content (AvgIpc) is 2.28. The third-order valence-corrected chi connectivity index (χ3v) is 2.68. The number of rotatable bonds is 4. The van der Waals surface area contributed by atoms with Gasteiger partial charge in [-0.3, -0.25) is 4.79 Å². The van der Waals surface area contributed by atoms with Crippen LogP contribution in [0, 0.1) is 5.92 Å². The Bertz CT molecular complexity index is 335. The minimum absolute atomic E-state index is 0.00139. The van der Waals surface area contributed by atoms with Crippen molar-refractivity contribution < 1.29 is 4.79 Å². The summed E-state index contributed by atoms with van der Waals surface area (Å²) in [5.74, 6) is 0.0642. The van der Waals surface area contributed by atoms with Crippen LogP contribution in [0.4, 0.5) is 0 Å². The maximum Gasteiger partial charge on any atom is 0.237 e. The van der Waals surface area contributed by atoms with E-state index in [2.05, 4.69) is 5.32 Å². The summed E-state index contributed by atoms with van der Waals surface area (Å²) in [6, 6.07) is 9.42. The molecule has 3 nitrogen and oxygen atoms in total. The Morgan fingerprint density at radius 1 is 1.19 bits per heavy atom. The highest BCUT2D eigenvalue weighted by Crippen LogP contribution is 2.11. The first kappa shape index (κ1) is 12.7. The lowest BCUT2D eigenvalue weighted by atomic mass is 10.0. The number of hydrogen-bond acceptors (Lipinski definition) is 2. The van der Waals surface area contributed by atoms with Crippen molar-refractivity contribution in [2.75, 3.05) is 0 Å². The molecule has 0 bridgehead atoms.